The highest BCUT2D eigenvalue weighted by Gasteiger charge is 2.29. The van der Waals surface area contributed by atoms with Gasteiger partial charge in [0.05, 0.1) is 5.41 Å². The molecule has 5 nitrogen and oxygen atoms in total. The Labute approximate surface area is 118 Å². The second-order valence-corrected chi connectivity index (χ2v) is 4.97. The maximum atomic E-state index is 11.5. The van der Waals surface area contributed by atoms with Crippen LogP contribution in [0.25, 0.3) is 0 Å². The van der Waals surface area contributed by atoms with Gasteiger partial charge in [-0.05, 0) is 38.0 Å². The van der Waals surface area contributed by atoms with Gasteiger partial charge in [0.15, 0.2) is 0 Å². The van der Waals surface area contributed by atoms with Gasteiger partial charge < -0.3 is 15.7 Å². The minimum absolute atomic E-state index is 0.294. The molecule has 0 fully saturated rings. The summed E-state index contributed by atoms with van der Waals surface area (Å²) < 4.78 is 0. The number of carboxylic acid groups (broad SMARTS) is 1. The van der Waals surface area contributed by atoms with E-state index in [1.807, 2.05) is 0 Å². The van der Waals surface area contributed by atoms with E-state index in [1.165, 1.54) is 0 Å². The minimum atomic E-state index is -0.954. The van der Waals surface area contributed by atoms with Gasteiger partial charge in [-0.2, -0.15) is 0 Å². The zero-order chi connectivity index (χ0) is 15.2. The molecule has 0 radical (unpaired) electrons. The van der Waals surface area contributed by atoms with Crippen molar-refractivity contribution >= 4 is 17.7 Å². The first-order chi connectivity index (χ1) is 9.37. The Bertz CT molecular complexity index is 492. The molecule has 0 spiro atoms. The highest BCUT2D eigenvalue weighted by Crippen LogP contribution is 2.24. The number of nitrogens with one attached hydrogen (secondary N) is 2. The number of urea groups is 1. The molecule has 2 amide bonds. The standard InChI is InChI=1S/C15H20N2O3/c1-4-5-10-16-14(20)17-12-8-6-11(7-9-12)15(2,3)13(18)19/h4,6-9H,1,5,10H2,2-3H3,(H,18,19)(H2,16,17,20). The van der Waals surface area contributed by atoms with Gasteiger partial charge in [-0.25, -0.2) is 4.79 Å². The molecule has 0 atom stereocenters. The van der Waals surface area contributed by atoms with E-state index in [-0.39, 0.29) is 6.03 Å². The molecule has 0 aromatic heterocycles. The average molecular weight is 276 g/mol. The number of benzene rings is 1. The molecule has 0 aliphatic carbocycles. The molecule has 0 heterocycles. The van der Waals surface area contributed by atoms with Crippen molar-refractivity contribution in [3.05, 3.63) is 42.5 Å². The fourth-order valence-corrected chi connectivity index (χ4v) is 1.56. The molecule has 0 unspecified atom stereocenters. The molecule has 0 bridgehead atoms. The van der Waals surface area contributed by atoms with Crippen LogP contribution in [0.5, 0.6) is 0 Å². The van der Waals surface area contributed by atoms with E-state index in [2.05, 4.69) is 17.2 Å². The predicted octanol–water partition coefficient (Wildman–Crippen LogP) is 2.75. The third-order valence-corrected chi connectivity index (χ3v) is 3.03. The quantitative estimate of drug-likeness (QED) is 0.552. The molecule has 0 aliphatic rings. The summed E-state index contributed by atoms with van der Waals surface area (Å²) in [4.78, 5) is 22.7. The van der Waals surface area contributed by atoms with Gasteiger partial charge in [-0.3, -0.25) is 4.79 Å². The number of hydrogen-bond donors (Lipinski definition) is 3. The molecule has 0 saturated carbocycles. The lowest BCUT2D eigenvalue weighted by atomic mass is 9.85. The maximum Gasteiger partial charge on any atom is 0.319 e. The van der Waals surface area contributed by atoms with Crippen molar-refractivity contribution in [2.45, 2.75) is 25.7 Å². The van der Waals surface area contributed by atoms with Crippen LogP contribution in [0.1, 0.15) is 25.8 Å². The van der Waals surface area contributed by atoms with E-state index in [1.54, 1.807) is 44.2 Å². The highest BCUT2D eigenvalue weighted by molar-refractivity contribution is 5.89. The van der Waals surface area contributed by atoms with Crippen LogP contribution in [-0.2, 0) is 10.2 Å². The van der Waals surface area contributed by atoms with Crippen molar-refractivity contribution in [3.8, 4) is 0 Å². The number of carbonyl (C=O) groups excluding carboxylic acids is 1. The fourth-order valence-electron chi connectivity index (χ4n) is 1.56. The van der Waals surface area contributed by atoms with Gasteiger partial charge in [0, 0.05) is 12.2 Å². The topological polar surface area (TPSA) is 78.4 Å². The first kappa shape index (κ1) is 15.8. The lowest BCUT2D eigenvalue weighted by Crippen LogP contribution is -2.30. The van der Waals surface area contributed by atoms with Gasteiger partial charge in [-0.1, -0.05) is 18.2 Å². The van der Waals surface area contributed by atoms with E-state index in [0.29, 0.717) is 24.2 Å². The summed E-state index contributed by atoms with van der Waals surface area (Å²) in [6.45, 7) is 7.37. The number of aliphatic carboxylic acids is 1. The van der Waals surface area contributed by atoms with E-state index >= 15 is 0 Å². The van der Waals surface area contributed by atoms with Gasteiger partial charge in [0.25, 0.3) is 0 Å². The second kappa shape index (κ2) is 6.75. The third-order valence-electron chi connectivity index (χ3n) is 3.03. The molecule has 0 saturated heterocycles. The highest BCUT2D eigenvalue weighted by atomic mass is 16.4. The van der Waals surface area contributed by atoms with Crippen molar-refractivity contribution in [3.63, 3.8) is 0 Å². The van der Waals surface area contributed by atoms with E-state index in [9.17, 15) is 9.59 Å². The number of carbonyl (C=O) groups is 2. The lowest BCUT2D eigenvalue weighted by molar-refractivity contribution is -0.142. The molecule has 0 aliphatic heterocycles. The normalized spacial score (nSPS) is 10.7. The minimum Gasteiger partial charge on any atom is -0.481 e. The molecule has 108 valence electrons. The van der Waals surface area contributed by atoms with Crippen LogP contribution in [-0.4, -0.2) is 23.7 Å². The van der Waals surface area contributed by atoms with Crippen molar-refractivity contribution < 1.29 is 14.7 Å². The molecule has 5 heteroatoms. The average Bonchev–Trinajstić information content (AvgIpc) is 2.39. The largest absolute Gasteiger partial charge is 0.481 e. The van der Waals surface area contributed by atoms with Crippen molar-refractivity contribution in [2.75, 3.05) is 11.9 Å². The summed E-state index contributed by atoms with van der Waals surface area (Å²) in [6, 6.07) is 6.48. The summed E-state index contributed by atoms with van der Waals surface area (Å²) >= 11 is 0. The maximum absolute atomic E-state index is 11.5. The van der Waals surface area contributed by atoms with Crippen LogP contribution in [0.15, 0.2) is 36.9 Å². The Hall–Kier alpha value is -2.30. The Morgan fingerprint density at radius 3 is 2.40 bits per heavy atom. The predicted molar refractivity (Wildman–Crippen MR) is 78.9 cm³/mol. The fraction of sp³-hybridized carbons (Fsp3) is 0.333. The van der Waals surface area contributed by atoms with Crippen LogP contribution in [0, 0.1) is 0 Å². The molecule has 1 aromatic rings. The van der Waals surface area contributed by atoms with E-state index in [0.717, 1.165) is 0 Å². The zero-order valence-corrected chi connectivity index (χ0v) is 11.8. The second-order valence-electron chi connectivity index (χ2n) is 4.97. The number of carboxylic acids is 1. The summed E-state index contributed by atoms with van der Waals surface area (Å²) in [5.74, 6) is -0.889. The number of hydrogen-bond acceptors (Lipinski definition) is 2. The summed E-state index contributed by atoms with van der Waals surface area (Å²) in [5.41, 5.74) is 0.346. The Balaban J connectivity index is 2.65. The number of rotatable bonds is 6. The molecular formula is C15H20N2O3. The first-order valence-corrected chi connectivity index (χ1v) is 6.37. The molecule has 3 N–H and O–H groups in total. The number of amides is 2. The van der Waals surface area contributed by atoms with E-state index in [4.69, 9.17) is 5.11 Å². The van der Waals surface area contributed by atoms with Gasteiger partial charge >= 0.3 is 12.0 Å². The van der Waals surface area contributed by atoms with Crippen LogP contribution < -0.4 is 10.6 Å². The Kier molecular flexibility index (Phi) is 5.32. The van der Waals surface area contributed by atoms with Crippen LogP contribution in [0.3, 0.4) is 0 Å². The summed E-state index contributed by atoms with van der Waals surface area (Å²) in [7, 11) is 0. The van der Waals surface area contributed by atoms with Crippen molar-refractivity contribution in [1.29, 1.82) is 0 Å². The van der Waals surface area contributed by atoms with Gasteiger partial charge in [0.1, 0.15) is 0 Å². The smallest absolute Gasteiger partial charge is 0.319 e. The monoisotopic (exact) mass is 276 g/mol. The van der Waals surface area contributed by atoms with Crippen LogP contribution in [0.2, 0.25) is 0 Å². The van der Waals surface area contributed by atoms with Crippen molar-refractivity contribution in [2.24, 2.45) is 0 Å². The molecule has 20 heavy (non-hydrogen) atoms. The van der Waals surface area contributed by atoms with Gasteiger partial charge in [0.2, 0.25) is 0 Å². The first-order valence-electron chi connectivity index (χ1n) is 6.37. The third kappa shape index (κ3) is 4.12. The SMILES string of the molecule is C=CCCNC(=O)Nc1ccc(C(C)(C)C(=O)O)cc1. The summed E-state index contributed by atoms with van der Waals surface area (Å²) in [5, 5.41) is 14.5. The molecular weight excluding hydrogens is 256 g/mol. The summed E-state index contributed by atoms with van der Waals surface area (Å²) in [6.07, 6.45) is 2.43. The van der Waals surface area contributed by atoms with Crippen LogP contribution >= 0.6 is 0 Å². The van der Waals surface area contributed by atoms with E-state index < -0.39 is 11.4 Å². The number of anilines is 1. The van der Waals surface area contributed by atoms with Crippen molar-refractivity contribution in [1.82, 2.24) is 5.32 Å². The van der Waals surface area contributed by atoms with Gasteiger partial charge in [-0.15, -0.1) is 6.58 Å². The molecule has 1 aromatic carbocycles. The molecule has 1 rings (SSSR count). The Morgan fingerprint density at radius 1 is 1.30 bits per heavy atom. The zero-order valence-electron chi connectivity index (χ0n) is 11.8. The lowest BCUT2D eigenvalue weighted by Gasteiger charge is -2.19. The van der Waals surface area contributed by atoms with Crippen LogP contribution in [0.4, 0.5) is 10.5 Å². The Morgan fingerprint density at radius 2 is 1.90 bits per heavy atom.